The van der Waals surface area contributed by atoms with Crippen LogP contribution in [0.4, 0.5) is 5.69 Å². The summed E-state index contributed by atoms with van der Waals surface area (Å²) >= 11 is 0. The maximum Gasteiger partial charge on any atom is 0.308 e. The summed E-state index contributed by atoms with van der Waals surface area (Å²) < 4.78 is 13.1. The van der Waals surface area contributed by atoms with Crippen LogP contribution in [0.2, 0.25) is 0 Å². The second kappa shape index (κ2) is 12.0. The average molecular weight is 534 g/mol. The van der Waals surface area contributed by atoms with E-state index in [0.29, 0.717) is 38.4 Å². The summed E-state index contributed by atoms with van der Waals surface area (Å²) in [4.78, 5) is 34.8. The van der Waals surface area contributed by atoms with Crippen LogP contribution in [0.3, 0.4) is 0 Å². The molecular formula is C30H37N4O5+. The zero-order chi connectivity index (χ0) is 27.4. The molecule has 2 aliphatic rings. The number of pyridine rings is 1. The van der Waals surface area contributed by atoms with Gasteiger partial charge in [-0.15, -0.1) is 0 Å². The number of carbonyl (C=O) groups is 2. The summed E-state index contributed by atoms with van der Waals surface area (Å²) in [5, 5.41) is 10.5. The standard InChI is InChI=1S/C30H36N4O5/c1-3-4-14-34(23-6-5-13-32(2)18-23)28(35)20-33-19-24(21-7-9-26-22(17-21)11-15-38-26)29(30(36)37)25(33)8-10-27-31-12-16-39-27/h5-7,9,12-13,16-18,24-25,29H,3-4,8,10-11,14-15,19-20H2,1-2H3/p+1/t24-,25+,29-/m1/s1. The fourth-order valence-corrected chi connectivity index (χ4v) is 5.98. The van der Waals surface area contributed by atoms with Gasteiger partial charge in [0.25, 0.3) is 0 Å². The summed E-state index contributed by atoms with van der Waals surface area (Å²) in [5.74, 6) is -0.324. The van der Waals surface area contributed by atoms with Crippen molar-refractivity contribution in [3.05, 3.63) is 72.2 Å². The molecular weight excluding hydrogens is 496 g/mol. The van der Waals surface area contributed by atoms with Gasteiger partial charge in [-0.05, 0) is 36.1 Å². The van der Waals surface area contributed by atoms with Gasteiger partial charge in [0.05, 0.1) is 25.3 Å². The number of benzene rings is 1. The Bertz CT molecular complexity index is 1290. The van der Waals surface area contributed by atoms with E-state index < -0.39 is 11.9 Å². The highest BCUT2D eigenvalue weighted by atomic mass is 16.5. The van der Waals surface area contributed by atoms with Gasteiger partial charge >= 0.3 is 5.97 Å². The number of anilines is 1. The van der Waals surface area contributed by atoms with E-state index in [1.165, 1.54) is 6.26 Å². The third-order valence-electron chi connectivity index (χ3n) is 7.92. The van der Waals surface area contributed by atoms with Crippen molar-refractivity contribution in [1.29, 1.82) is 0 Å². The number of aromatic nitrogens is 2. The minimum Gasteiger partial charge on any atom is -0.493 e. The van der Waals surface area contributed by atoms with Gasteiger partial charge in [-0.25, -0.2) is 9.55 Å². The topological polar surface area (TPSA) is 100.0 Å². The number of ether oxygens (including phenoxy) is 1. The van der Waals surface area contributed by atoms with Crippen molar-refractivity contribution in [1.82, 2.24) is 9.88 Å². The Kier molecular flexibility index (Phi) is 8.26. The lowest BCUT2D eigenvalue weighted by atomic mass is 9.83. The second-order valence-electron chi connectivity index (χ2n) is 10.5. The molecule has 1 N–H and O–H groups in total. The number of hydrogen-bond acceptors (Lipinski definition) is 6. The Balaban J connectivity index is 1.43. The zero-order valence-electron chi connectivity index (χ0n) is 22.7. The number of nitrogens with zero attached hydrogens (tertiary/aromatic N) is 4. The smallest absolute Gasteiger partial charge is 0.308 e. The average Bonchev–Trinajstić information content (AvgIpc) is 3.67. The lowest BCUT2D eigenvalue weighted by molar-refractivity contribution is -0.670. The second-order valence-corrected chi connectivity index (χ2v) is 10.5. The quantitative estimate of drug-likeness (QED) is 0.377. The predicted octanol–water partition coefficient (Wildman–Crippen LogP) is 3.37. The summed E-state index contributed by atoms with van der Waals surface area (Å²) in [7, 11) is 1.94. The molecule has 39 heavy (non-hydrogen) atoms. The first kappa shape index (κ1) is 26.9. The number of hydrogen-bond donors (Lipinski definition) is 1. The summed E-state index contributed by atoms with van der Waals surface area (Å²) in [6.07, 6.45) is 10.7. The monoisotopic (exact) mass is 533 g/mol. The van der Waals surface area contributed by atoms with E-state index >= 15 is 0 Å². The Morgan fingerprint density at radius 2 is 2.15 bits per heavy atom. The molecule has 0 saturated carbocycles. The number of amides is 1. The first-order chi connectivity index (χ1) is 18.9. The molecule has 1 fully saturated rings. The molecule has 0 aliphatic carbocycles. The van der Waals surface area contributed by atoms with E-state index in [-0.39, 0.29) is 24.4 Å². The third kappa shape index (κ3) is 5.98. The molecule has 0 spiro atoms. The number of carboxylic acids is 1. The number of carboxylic acid groups (broad SMARTS) is 1. The van der Waals surface area contributed by atoms with Crippen LogP contribution in [0.25, 0.3) is 0 Å². The van der Waals surface area contributed by atoms with Gasteiger partial charge in [0.2, 0.25) is 5.91 Å². The minimum atomic E-state index is -0.845. The molecule has 1 amide bonds. The van der Waals surface area contributed by atoms with Crippen LogP contribution < -0.4 is 14.2 Å². The lowest BCUT2D eigenvalue weighted by Gasteiger charge is -2.29. The molecule has 206 valence electrons. The van der Waals surface area contributed by atoms with Crippen molar-refractivity contribution in [2.45, 2.75) is 51.0 Å². The zero-order valence-corrected chi connectivity index (χ0v) is 22.7. The van der Waals surface area contributed by atoms with Gasteiger partial charge in [0.15, 0.2) is 18.3 Å². The number of carbonyl (C=O) groups excluding carboxylic acids is 1. The van der Waals surface area contributed by atoms with Crippen LogP contribution in [0.15, 0.2) is 59.6 Å². The molecule has 5 rings (SSSR count). The fourth-order valence-electron chi connectivity index (χ4n) is 5.98. The molecule has 0 radical (unpaired) electrons. The van der Waals surface area contributed by atoms with E-state index in [0.717, 1.165) is 41.8 Å². The number of oxazole rings is 1. The van der Waals surface area contributed by atoms with Crippen molar-refractivity contribution in [3.63, 3.8) is 0 Å². The molecule has 2 aliphatic heterocycles. The first-order valence-corrected chi connectivity index (χ1v) is 13.8. The Morgan fingerprint density at radius 3 is 2.90 bits per heavy atom. The summed E-state index contributed by atoms with van der Waals surface area (Å²) in [6, 6.07) is 9.58. The van der Waals surface area contributed by atoms with Crippen molar-refractivity contribution >= 4 is 17.6 Å². The third-order valence-corrected chi connectivity index (χ3v) is 7.92. The lowest BCUT2D eigenvalue weighted by Crippen LogP contribution is -2.45. The predicted molar refractivity (Wildman–Crippen MR) is 145 cm³/mol. The Labute approximate surface area is 229 Å². The maximum atomic E-state index is 13.8. The Morgan fingerprint density at radius 1 is 1.28 bits per heavy atom. The van der Waals surface area contributed by atoms with Gasteiger partial charge in [0.1, 0.15) is 24.7 Å². The van der Waals surface area contributed by atoms with E-state index in [1.807, 2.05) is 53.2 Å². The molecule has 9 nitrogen and oxygen atoms in total. The first-order valence-electron chi connectivity index (χ1n) is 13.8. The highest BCUT2D eigenvalue weighted by molar-refractivity contribution is 5.94. The molecule has 1 aromatic carbocycles. The highest BCUT2D eigenvalue weighted by Gasteiger charge is 2.47. The van der Waals surface area contributed by atoms with Crippen LogP contribution in [0, 0.1) is 5.92 Å². The SMILES string of the molecule is CCCCN(C(=O)CN1C[C@H](c2ccc3c(c2)CCO3)[C@@H](C(=O)O)[C@@H]1CCc1ncco1)c1ccc[n+](C)c1. The van der Waals surface area contributed by atoms with Crippen LogP contribution in [-0.4, -0.2) is 59.1 Å². The number of fused-ring (bicyclic) bond motifs is 1. The van der Waals surface area contributed by atoms with E-state index in [1.54, 1.807) is 6.20 Å². The Hall–Kier alpha value is -3.72. The molecule has 0 unspecified atom stereocenters. The number of aryl methyl sites for hydroxylation is 2. The summed E-state index contributed by atoms with van der Waals surface area (Å²) in [6.45, 7) is 4.01. The van der Waals surface area contributed by atoms with Crippen molar-refractivity contribution in [2.75, 3.05) is 31.1 Å². The van der Waals surface area contributed by atoms with E-state index in [9.17, 15) is 14.7 Å². The number of rotatable bonds is 11. The summed E-state index contributed by atoms with van der Waals surface area (Å²) in [5.41, 5.74) is 2.95. The number of aliphatic carboxylic acids is 1. The van der Waals surface area contributed by atoms with Gasteiger partial charge in [-0.2, -0.15) is 0 Å². The van der Waals surface area contributed by atoms with Crippen LogP contribution in [0.1, 0.15) is 49.1 Å². The van der Waals surface area contributed by atoms with Crippen molar-refractivity contribution in [2.24, 2.45) is 13.0 Å². The fraction of sp³-hybridized carbons (Fsp3) is 0.467. The molecule has 9 heteroatoms. The van der Waals surface area contributed by atoms with Gasteiger partial charge < -0.3 is 19.2 Å². The largest absolute Gasteiger partial charge is 0.493 e. The van der Waals surface area contributed by atoms with Crippen LogP contribution in [-0.2, 0) is 29.5 Å². The maximum absolute atomic E-state index is 13.8. The van der Waals surface area contributed by atoms with Gasteiger partial charge in [0, 0.05) is 44.0 Å². The normalized spacial score (nSPS) is 20.5. The molecule has 3 aromatic rings. The molecule has 1 saturated heterocycles. The van der Waals surface area contributed by atoms with Crippen LogP contribution in [0.5, 0.6) is 5.75 Å². The van der Waals surface area contributed by atoms with Crippen LogP contribution >= 0.6 is 0 Å². The van der Waals surface area contributed by atoms with E-state index in [2.05, 4.69) is 22.9 Å². The molecule has 3 atom stereocenters. The van der Waals surface area contributed by atoms with E-state index in [4.69, 9.17) is 9.15 Å². The molecule has 4 heterocycles. The van der Waals surface area contributed by atoms with Gasteiger partial charge in [-0.1, -0.05) is 25.5 Å². The van der Waals surface area contributed by atoms with Crippen molar-refractivity contribution in [3.8, 4) is 5.75 Å². The molecule has 2 aromatic heterocycles. The van der Waals surface area contributed by atoms with Crippen molar-refractivity contribution < 1.29 is 28.4 Å². The number of likely N-dealkylation sites (tertiary alicyclic amines) is 1. The molecule has 0 bridgehead atoms. The minimum absolute atomic E-state index is 0.0251. The highest BCUT2D eigenvalue weighted by Crippen LogP contribution is 2.41. The van der Waals surface area contributed by atoms with Gasteiger partial charge in [-0.3, -0.25) is 14.5 Å². The number of unbranched alkanes of at least 4 members (excludes halogenated alkanes) is 1.